The van der Waals surface area contributed by atoms with E-state index >= 15 is 0 Å². The maximum atomic E-state index is 13.9. The third-order valence-corrected chi connectivity index (χ3v) is 6.72. The van der Waals surface area contributed by atoms with Crippen molar-refractivity contribution in [2.24, 2.45) is 17.1 Å². The molecule has 4 rings (SSSR count). The summed E-state index contributed by atoms with van der Waals surface area (Å²) in [4.78, 5) is 26.1. The first-order chi connectivity index (χ1) is 13.2. The zero-order valence-corrected chi connectivity index (χ0v) is 15.3. The number of hydrogen-bond donors (Lipinski definition) is 2. The minimum Gasteiger partial charge on any atom is -0.480 e. The molecule has 1 aromatic carbocycles. The van der Waals surface area contributed by atoms with Gasteiger partial charge in [0.15, 0.2) is 11.6 Å². The zero-order chi connectivity index (χ0) is 20.2. The second kappa shape index (κ2) is 6.76. The lowest BCUT2D eigenvalue weighted by Crippen LogP contribution is -2.53. The first kappa shape index (κ1) is 19.2. The maximum Gasteiger partial charge on any atom is 0.319 e. The highest BCUT2D eigenvalue weighted by Gasteiger charge is 2.61. The van der Waals surface area contributed by atoms with Crippen LogP contribution in [-0.4, -0.2) is 40.0 Å². The van der Waals surface area contributed by atoms with E-state index in [1.807, 2.05) is 0 Å². The maximum absolute atomic E-state index is 13.9. The minimum absolute atomic E-state index is 0.00838. The molecule has 2 heterocycles. The number of aliphatic carboxylic acids is 1. The van der Waals surface area contributed by atoms with Crippen LogP contribution in [0, 0.1) is 28.8 Å². The number of nitrogens with two attached hydrogens (primary N) is 1. The summed E-state index contributed by atoms with van der Waals surface area (Å²) in [6, 6.07) is 0.808. The molecular formula is C20H23F3N2O3. The number of carboxylic acids is 1. The molecule has 8 heteroatoms. The summed E-state index contributed by atoms with van der Waals surface area (Å²) < 4.78 is 40.5. The molecule has 28 heavy (non-hydrogen) atoms. The number of fused-ring (bicyclic) bond motifs is 2. The third kappa shape index (κ3) is 3.07. The Balaban J connectivity index is 1.45. The monoisotopic (exact) mass is 396 g/mol. The molecule has 2 unspecified atom stereocenters. The van der Waals surface area contributed by atoms with Gasteiger partial charge in [0.05, 0.1) is 0 Å². The van der Waals surface area contributed by atoms with E-state index in [-0.39, 0.29) is 35.9 Å². The van der Waals surface area contributed by atoms with Crippen LogP contribution in [0.3, 0.4) is 0 Å². The van der Waals surface area contributed by atoms with Gasteiger partial charge in [-0.1, -0.05) is 0 Å². The molecular weight excluding hydrogens is 373 g/mol. The van der Waals surface area contributed by atoms with Crippen molar-refractivity contribution in [2.75, 3.05) is 0 Å². The van der Waals surface area contributed by atoms with E-state index in [0.717, 1.165) is 18.9 Å². The summed E-state index contributed by atoms with van der Waals surface area (Å²) in [6.45, 7) is 0. The lowest BCUT2D eigenvalue weighted by Gasteiger charge is -2.42. The van der Waals surface area contributed by atoms with Gasteiger partial charge >= 0.3 is 5.97 Å². The second-order valence-electron chi connectivity index (χ2n) is 8.44. The molecule has 3 atom stereocenters. The largest absolute Gasteiger partial charge is 0.480 e. The van der Waals surface area contributed by atoms with E-state index in [0.29, 0.717) is 31.7 Å². The highest BCUT2D eigenvalue weighted by atomic mass is 19.2. The smallest absolute Gasteiger partial charge is 0.319 e. The predicted molar refractivity (Wildman–Crippen MR) is 93.7 cm³/mol. The van der Waals surface area contributed by atoms with Gasteiger partial charge in [0.1, 0.15) is 11.2 Å². The molecule has 152 valence electrons. The molecule has 3 N–H and O–H groups in total. The Hall–Kier alpha value is -2.09. The molecule has 3 aliphatic rings. The summed E-state index contributed by atoms with van der Waals surface area (Å²) in [5, 5.41) is 9.41. The lowest BCUT2D eigenvalue weighted by molar-refractivity contribution is -0.156. The van der Waals surface area contributed by atoms with Gasteiger partial charge in [0, 0.05) is 24.2 Å². The number of carbonyl (C=O) groups is 2. The summed E-state index contributed by atoms with van der Waals surface area (Å²) in [6.07, 6.45) is 3.68. The van der Waals surface area contributed by atoms with Crippen LogP contribution in [0.25, 0.3) is 0 Å². The van der Waals surface area contributed by atoms with E-state index in [2.05, 4.69) is 0 Å². The van der Waals surface area contributed by atoms with E-state index in [9.17, 15) is 27.9 Å². The van der Waals surface area contributed by atoms with Crippen LogP contribution < -0.4 is 5.73 Å². The summed E-state index contributed by atoms with van der Waals surface area (Å²) >= 11 is 0. The average molecular weight is 396 g/mol. The number of amides is 1. The fourth-order valence-corrected chi connectivity index (χ4v) is 4.93. The van der Waals surface area contributed by atoms with Crippen LogP contribution in [0.2, 0.25) is 0 Å². The van der Waals surface area contributed by atoms with Crippen molar-refractivity contribution in [2.45, 2.75) is 63.1 Å². The van der Waals surface area contributed by atoms with Gasteiger partial charge in [-0.3, -0.25) is 9.59 Å². The number of benzene rings is 1. The van der Waals surface area contributed by atoms with Crippen LogP contribution in [0.4, 0.5) is 13.2 Å². The fourth-order valence-electron chi connectivity index (χ4n) is 4.93. The fraction of sp³-hybridized carbons (Fsp3) is 0.600. The van der Waals surface area contributed by atoms with Crippen molar-refractivity contribution in [3.8, 4) is 0 Å². The Morgan fingerprint density at radius 3 is 2.21 bits per heavy atom. The van der Waals surface area contributed by atoms with Crippen LogP contribution >= 0.6 is 0 Å². The van der Waals surface area contributed by atoms with Crippen molar-refractivity contribution in [1.82, 2.24) is 4.90 Å². The Morgan fingerprint density at radius 2 is 1.68 bits per heavy atom. The summed E-state index contributed by atoms with van der Waals surface area (Å²) in [7, 11) is 0. The molecule has 1 amide bonds. The van der Waals surface area contributed by atoms with Gasteiger partial charge in [-0.15, -0.1) is 0 Å². The van der Waals surface area contributed by atoms with Gasteiger partial charge in [-0.2, -0.15) is 0 Å². The lowest BCUT2D eigenvalue weighted by atomic mass is 9.82. The Labute approximate surface area is 160 Å². The number of carbonyl (C=O) groups excluding carboxylic acids is 1. The molecule has 0 aromatic heterocycles. The SMILES string of the molecule is N[C@H](Cc1cc(F)c(F)cc1F)C1CC2CCC(C1)N2C(=O)C1(C(=O)O)CC1. The topological polar surface area (TPSA) is 83.6 Å². The Bertz CT molecular complexity index is 813. The molecule has 5 nitrogen and oxygen atoms in total. The van der Waals surface area contributed by atoms with Gasteiger partial charge in [0.25, 0.3) is 0 Å². The number of carboxylic acid groups (broad SMARTS) is 1. The quantitative estimate of drug-likeness (QED) is 0.592. The molecule has 2 bridgehead atoms. The second-order valence-corrected chi connectivity index (χ2v) is 8.44. The number of nitrogens with zero attached hydrogens (tertiary/aromatic N) is 1. The van der Waals surface area contributed by atoms with Gasteiger partial charge in [-0.05, 0) is 62.5 Å². The predicted octanol–water partition coefficient (Wildman–Crippen LogP) is 2.61. The van der Waals surface area contributed by atoms with E-state index in [1.165, 1.54) is 0 Å². The highest BCUT2D eigenvalue weighted by molar-refractivity contribution is 6.05. The van der Waals surface area contributed by atoms with Crippen molar-refractivity contribution in [3.63, 3.8) is 0 Å². The van der Waals surface area contributed by atoms with Crippen molar-refractivity contribution < 1.29 is 27.9 Å². The number of halogens is 3. The molecule has 2 saturated heterocycles. The Kier molecular flexibility index (Phi) is 4.64. The highest BCUT2D eigenvalue weighted by Crippen LogP contribution is 2.51. The van der Waals surface area contributed by atoms with Crippen LogP contribution in [0.15, 0.2) is 12.1 Å². The van der Waals surface area contributed by atoms with Gasteiger partial charge < -0.3 is 15.7 Å². The first-order valence-corrected chi connectivity index (χ1v) is 9.68. The van der Waals surface area contributed by atoms with Gasteiger partial charge in [0.2, 0.25) is 5.91 Å². The first-order valence-electron chi connectivity index (χ1n) is 9.68. The minimum atomic E-state index is -1.25. The van der Waals surface area contributed by atoms with E-state index in [1.54, 1.807) is 4.90 Å². The molecule has 0 spiro atoms. The standard InChI is InChI=1S/C20H23F3N2O3/c21-14-9-16(23)15(22)7-10(14)8-17(24)11-5-12-1-2-13(6-11)25(12)18(26)20(3-4-20)19(27)28/h7,9,11-13,17H,1-6,8,24H2,(H,27,28)/t11?,12?,13?,17-/m1/s1. The van der Waals surface area contributed by atoms with Gasteiger partial charge in [-0.25, -0.2) is 13.2 Å². The van der Waals surface area contributed by atoms with E-state index < -0.39 is 34.9 Å². The van der Waals surface area contributed by atoms with Crippen molar-refractivity contribution in [1.29, 1.82) is 0 Å². The number of piperidine rings is 1. The number of hydrogen-bond acceptors (Lipinski definition) is 3. The molecule has 2 aliphatic heterocycles. The average Bonchev–Trinajstić information content (AvgIpc) is 3.41. The van der Waals surface area contributed by atoms with Crippen LogP contribution in [0.5, 0.6) is 0 Å². The normalized spacial score (nSPS) is 28.9. The van der Waals surface area contributed by atoms with Crippen LogP contribution in [0.1, 0.15) is 44.1 Å². The molecule has 3 fully saturated rings. The third-order valence-electron chi connectivity index (χ3n) is 6.72. The number of rotatable bonds is 5. The molecule has 0 radical (unpaired) electrons. The molecule has 1 aliphatic carbocycles. The summed E-state index contributed by atoms with van der Waals surface area (Å²) in [5.74, 6) is -4.48. The molecule has 1 saturated carbocycles. The summed E-state index contributed by atoms with van der Waals surface area (Å²) in [5.41, 5.74) is 5.07. The van der Waals surface area contributed by atoms with E-state index in [4.69, 9.17) is 5.73 Å². The van der Waals surface area contributed by atoms with Crippen molar-refractivity contribution >= 4 is 11.9 Å². The van der Waals surface area contributed by atoms with Crippen LogP contribution in [-0.2, 0) is 16.0 Å². The Morgan fingerprint density at radius 1 is 1.11 bits per heavy atom. The molecule has 1 aromatic rings. The van der Waals surface area contributed by atoms with Crippen molar-refractivity contribution in [3.05, 3.63) is 35.1 Å². The zero-order valence-electron chi connectivity index (χ0n) is 15.3.